The summed E-state index contributed by atoms with van der Waals surface area (Å²) in [5.74, 6) is 0. The van der Waals surface area contributed by atoms with Gasteiger partial charge in [0.2, 0.25) is 0 Å². The van der Waals surface area contributed by atoms with E-state index in [2.05, 4.69) is 4.90 Å². The van der Waals surface area contributed by atoms with Crippen molar-refractivity contribution >= 4 is 0 Å². The van der Waals surface area contributed by atoms with Gasteiger partial charge in [-0.1, -0.05) is 12.8 Å². The Labute approximate surface area is 112 Å². The Morgan fingerprint density at radius 1 is 0.947 bits per heavy atom. The number of aliphatic hydroxyl groups is 1. The molecule has 0 bridgehead atoms. The number of alkyl halides is 3. The van der Waals surface area contributed by atoms with Crippen molar-refractivity contribution < 1.29 is 18.3 Å². The highest BCUT2D eigenvalue weighted by Gasteiger charge is 2.33. The van der Waals surface area contributed by atoms with Crippen molar-refractivity contribution in [2.75, 3.05) is 32.7 Å². The average Bonchev–Trinajstić information content (AvgIpc) is 2.53. The molecular formula is C13H23F3N2O. The van der Waals surface area contributed by atoms with Gasteiger partial charge < -0.3 is 5.11 Å². The van der Waals surface area contributed by atoms with E-state index in [1.807, 2.05) is 0 Å². The van der Waals surface area contributed by atoms with Crippen LogP contribution in [0.4, 0.5) is 13.2 Å². The second-order valence-electron chi connectivity index (χ2n) is 5.70. The third-order valence-corrected chi connectivity index (χ3v) is 4.19. The quantitative estimate of drug-likeness (QED) is 0.836. The van der Waals surface area contributed by atoms with Crippen LogP contribution < -0.4 is 0 Å². The van der Waals surface area contributed by atoms with Crippen molar-refractivity contribution in [1.82, 2.24) is 9.80 Å². The van der Waals surface area contributed by atoms with Crippen molar-refractivity contribution in [3.63, 3.8) is 0 Å². The lowest BCUT2D eigenvalue weighted by Gasteiger charge is -2.37. The summed E-state index contributed by atoms with van der Waals surface area (Å²) in [5, 5.41) is 10.0. The third-order valence-electron chi connectivity index (χ3n) is 4.19. The first-order valence-electron chi connectivity index (χ1n) is 7.17. The van der Waals surface area contributed by atoms with Gasteiger partial charge in [-0.05, 0) is 32.4 Å². The van der Waals surface area contributed by atoms with Crippen LogP contribution in [0, 0.1) is 0 Å². The zero-order valence-corrected chi connectivity index (χ0v) is 11.2. The molecule has 0 spiro atoms. The van der Waals surface area contributed by atoms with Gasteiger partial charge in [0.25, 0.3) is 0 Å². The molecule has 0 aromatic carbocycles. The number of halogens is 3. The SMILES string of the molecule is OC1CCCCC1N1CCCN(CC(F)(F)F)CC1. The monoisotopic (exact) mass is 280 g/mol. The standard InChI is InChI=1S/C13H23F3N2O/c14-13(15,16)10-17-6-3-7-18(9-8-17)11-4-1-2-5-12(11)19/h11-12,19H,1-10H2. The minimum atomic E-state index is -4.11. The molecule has 0 radical (unpaired) electrons. The molecule has 2 aliphatic rings. The summed E-state index contributed by atoms with van der Waals surface area (Å²) < 4.78 is 37.2. The van der Waals surface area contributed by atoms with Crippen LogP contribution in [0.15, 0.2) is 0 Å². The van der Waals surface area contributed by atoms with Gasteiger partial charge in [0.1, 0.15) is 0 Å². The van der Waals surface area contributed by atoms with E-state index in [1.54, 1.807) is 0 Å². The van der Waals surface area contributed by atoms with Crippen LogP contribution in [0.3, 0.4) is 0 Å². The normalized spacial score (nSPS) is 32.2. The minimum absolute atomic E-state index is 0.152. The van der Waals surface area contributed by atoms with E-state index in [-0.39, 0.29) is 12.1 Å². The van der Waals surface area contributed by atoms with E-state index in [1.165, 1.54) is 4.90 Å². The van der Waals surface area contributed by atoms with E-state index in [4.69, 9.17) is 0 Å². The van der Waals surface area contributed by atoms with Crippen molar-refractivity contribution in [3.05, 3.63) is 0 Å². The third kappa shape index (κ3) is 4.61. The fourth-order valence-electron chi connectivity index (χ4n) is 3.25. The fraction of sp³-hybridized carbons (Fsp3) is 1.00. The summed E-state index contributed by atoms with van der Waals surface area (Å²) in [5.41, 5.74) is 0. The summed E-state index contributed by atoms with van der Waals surface area (Å²) in [6, 6.07) is 0.152. The van der Waals surface area contributed by atoms with Gasteiger partial charge in [-0.3, -0.25) is 9.80 Å². The summed E-state index contributed by atoms with van der Waals surface area (Å²) >= 11 is 0. The molecule has 112 valence electrons. The predicted molar refractivity (Wildman–Crippen MR) is 66.9 cm³/mol. The maximum absolute atomic E-state index is 12.4. The maximum atomic E-state index is 12.4. The number of rotatable bonds is 2. The van der Waals surface area contributed by atoms with Crippen LogP contribution in [0.1, 0.15) is 32.1 Å². The largest absolute Gasteiger partial charge is 0.401 e. The molecule has 1 saturated heterocycles. The first kappa shape index (κ1) is 15.1. The lowest BCUT2D eigenvalue weighted by atomic mass is 9.91. The van der Waals surface area contributed by atoms with Crippen molar-refractivity contribution in [1.29, 1.82) is 0 Å². The highest BCUT2D eigenvalue weighted by molar-refractivity contribution is 4.85. The minimum Gasteiger partial charge on any atom is -0.391 e. The Hall–Kier alpha value is -0.330. The first-order valence-corrected chi connectivity index (χ1v) is 7.17. The molecule has 1 aliphatic heterocycles. The van der Waals surface area contributed by atoms with E-state index in [9.17, 15) is 18.3 Å². The van der Waals surface area contributed by atoms with E-state index < -0.39 is 12.7 Å². The average molecular weight is 280 g/mol. The number of hydrogen-bond acceptors (Lipinski definition) is 3. The molecule has 2 unspecified atom stereocenters. The predicted octanol–water partition coefficient (Wildman–Crippen LogP) is 1.86. The fourth-order valence-corrected chi connectivity index (χ4v) is 3.25. The van der Waals surface area contributed by atoms with Crippen LogP contribution in [-0.4, -0.2) is 66.0 Å². The number of hydrogen-bond donors (Lipinski definition) is 1. The molecule has 0 amide bonds. The van der Waals surface area contributed by atoms with Crippen molar-refractivity contribution in [2.45, 2.75) is 50.4 Å². The van der Waals surface area contributed by atoms with E-state index >= 15 is 0 Å². The van der Waals surface area contributed by atoms with Gasteiger partial charge in [-0.15, -0.1) is 0 Å². The molecule has 1 saturated carbocycles. The highest BCUT2D eigenvalue weighted by atomic mass is 19.4. The zero-order chi connectivity index (χ0) is 13.9. The van der Waals surface area contributed by atoms with Crippen LogP contribution >= 0.6 is 0 Å². The molecule has 19 heavy (non-hydrogen) atoms. The summed E-state index contributed by atoms with van der Waals surface area (Å²) in [7, 11) is 0. The second kappa shape index (κ2) is 6.41. The molecule has 2 rings (SSSR count). The Balaban J connectivity index is 1.85. The first-order chi connectivity index (χ1) is 8.96. The highest BCUT2D eigenvalue weighted by Crippen LogP contribution is 2.25. The smallest absolute Gasteiger partial charge is 0.391 e. The van der Waals surface area contributed by atoms with Crippen LogP contribution in [0.2, 0.25) is 0 Å². The number of aliphatic hydroxyl groups excluding tert-OH is 1. The summed E-state index contributed by atoms with van der Waals surface area (Å²) in [6.07, 6.45) is 0.311. The topological polar surface area (TPSA) is 26.7 Å². The molecule has 0 aromatic heterocycles. The van der Waals surface area contributed by atoms with Gasteiger partial charge >= 0.3 is 6.18 Å². The molecule has 6 heteroatoms. The molecule has 2 fully saturated rings. The van der Waals surface area contributed by atoms with Gasteiger partial charge in [0, 0.05) is 19.1 Å². The van der Waals surface area contributed by atoms with Gasteiger partial charge in [0.15, 0.2) is 0 Å². The lowest BCUT2D eigenvalue weighted by Crippen LogP contribution is -2.47. The van der Waals surface area contributed by atoms with Crippen LogP contribution in [0.25, 0.3) is 0 Å². The van der Waals surface area contributed by atoms with Gasteiger partial charge in [-0.2, -0.15) is 13.2 Å². The van der Waals surface area contributed by atoms with Crippen molar-refractivity contribution in [2.24, 2.45) is 0 Å². The lowest BCUT2D eigenvalue weighted by molar-refractivity contribution is -0.145. The van der Waals surface area contributed by atoms with Gasteiger partial charge in [-0.25, -0.2) is 0 Å². The van der Waals surface area contributed by atoms with E-state index in [0.717, 1.165) is 38.6 Å². The molecule has 3 nitrogen and oxygen atoms in total. The molecule has 0 aromatic rings. The Morgan fingerprint density at radius 2 is 1.68 bits per heavy atom. The molecule has 1 N–H and O–H groups in total. The van der Waals surface area contributed by atoms with E-state index in [0.29, 0.717) is 19.6 Å². The Morgan fingerprint density at radius 3 is 2.37 bits per heavy atom. The molecule has 2 atom stereocenters. The van der Waals surface area contributed by atoms with Crippen LogP contribution in [0.5, 0.6) is 0 Å². The molecular weight excluding hydrogens is 257 g/mol. The zero-order valence-electron chi connectivity index (χ0n) is 11.2. The summed E-state index contributed by atoms with van der Waals surface area (Å²) in [4.78, 5) is 3.68. The second-order valence-corrected chi connectivity index (χ2v) is 5.70. The number of nitrogens with zero attached hydrogens (tertiary/aromatic N) is 2. The molecule has 1 heterocycles. The van der Waals surface area contributed by atoms with Crippen molar-refractivity contribution in [3.8, 4) is 0 Å². The van der Waals surface area contributed by atoms with Gasteiger partial charge in [0.05, 0.1) is 12.6 Å². The van der Waals surface area contributed by atoms with Crippen LogP contribution in [-0.2, 0) is 0 Å². The summed E-state index contributed by atoms with van der Waals surface area (Å²) in [6.45, 7) is 1.57. The Kier molecular flexibility index (Phi) is 5.09. The maximum Gasteiger partial charge on any atom is 0.401 e. The molecule has 1 aliphatic carbocycles. The Bertz CT molecular complexity index is 286.